The van der Waals surface area contributed by atoms with Crippen molar-refractivity contribution < 1.29 is 5.48 Å². The van der Waals surface area contributed by atoms with Crippen LogP contribution in [0.2, 0.25) is 0 Å². The van der Waals surface area contributed by atoms with Gasteiger partial charge in [0.15, 0.2) is 46.6 Å². The molecule has 0 atom stereocenters. The first kappa shape index (κ1) is 48.2. The average molecular weight is 1120 g/mol. The maximum absolute atomic E-state index is 5.02. The number of hydrogen-bond acceptors (Lipinski definition) is 12. The third kappa shape index (κ3) is 7.61. The van der Waals surface area contributed by atoms with Crippen molar-refractivity contribution >= 4 is 108 Å². The molecule has 0 spiro atoms. The van der Waals surface area contributed by atoms with E-state index in [-0.39, 0.29) is 25.3 Å². The smallest absolute Gasteiger partial charge is 0.164 e. The molecule has 383 valence electrons. The largest absolute Gasteiger partial charge is 0.412 e. The first-order chi connectivity index (χ1) is 39.6. The van der Waals surface area contributed by atoms with Crippen LogP contribution in [-0.2, 0) is 0 Å². The Bertz CT molecular complexity index is 4400. The van der Waals surface area contributed by atoms with Crippen LogP contribution in [0.15, 0.2) is 194 Å². The normalized spacial score (nSPS) is 11.7. The Hall–Kier alpha value is -10.9. The van der Waals surface area contributed by atoms with Crippen LogP contribution in [0.1, 0.15) is 0 Å². The van der Waals surface area contributed by atoms with Gasteiger partial charge in [-0.2, -0.15) is 0 Å². The van der Waals surface area contributed by atoms with E-state index in [1.54, 1.807) is 0 Å². The molecule has 0 unspecified atom stereocenters. The summed E-state index contributed by atoms with van der Waals surface area (Å²) in [4.78, 5) is 73.5. The Kier molecular flexibility index (Phi) is 11.1. The third-order valence-corrected chi connectivity index (χ3v) is 14.9. The third-order valence-electron chi connectivity index (χ3n) is 14.9. The molecule has 18 rings (SSSR count). The first-order valence-corrected chi connectivity index (χ1v) is 26.0. The zero-order valence-electron chi connectivity index (χ0n) is 42.9. The van der Waals surface area contributed by atoms with Gasteiger partial charge in [-0.3, -0.25) is 0 Å². The van der Waals surface area contributed by atoms with E-state index in [1.807, 2.05) is 194 Å². The SMILES string of the molecule is O.[Ga].c1ccc2c(c1)-c1nc-2nc2[nH]c(nc3nc(nc4[nH]c(n1)c1ccccc41)-c1ccccc1-3)c1ccccc21.c1ccc2c(c1)-c1nc-2nc2[nH]c(nc3nc(nc4[nH]c(n1)c1ccccc41)-c1ccccc1-3)c1ccccc21. The van der Waals surface area contributed by atoms with Crippen molar-refractivity contribution in [2.24, 2.45) is 0 Å². The van der Waals surface area contributed by atoms with E-state index in [4.69, 9.17) is 59.8 Å². The molecule has 8 aromatic carbocycles. The number of aromatic amines is 4. The maximum Gasteiger partial charge on any atom is 0.164 e. The first-order valence-electron chi connectivity index (χ1n) is 26.0. The number of hydrogen-bond donors (Lipinski definition) is 4. The van der Waals surface area contributed by atoms with Crippen LogP contribution in [0.25, 0.3) is 179 Å². The monoisotopic (exact) mass is 1120 g/mol. The molecule has 18 heteroatoms. The van der Waals surface area contributed by atoms with Crippen LogP contribution in [0.5, 0.6) is 0 Å². The minimum Gasteiger partial charge on any atom is -0.412 e. The maximum atomic E-state index is 5.02. The van der Waals surface area contributed by atoms with Gasteiger partial charge in [0.25, 0.3) is 0 Å². The van der Waals surface area contributed by atoms with Crippen molar-refractivity contribution in [3.05, 3.63) is 194 Å². The van der Waals surface area contributed by atoms with Crippen molar-refractivity contribution in [2.45, 2.75) is 0 Å². The summed E-state index contributed by atoms with van der Waals surface area (Å²) in [5.74, 6) is 4.78. The predicted octanol–water partition coefficient (Wildman–Crippen LogP) is 12.5. The van der Waals surface area contributed by atoms with E-state index in [0.717, 1.165) is 87.6 Å². The van der Waals surface area contributed by atoms with E-state index in [1.165, 1.54) is 0 Å². The molecule has 4 aliphatic rings. The van der Waals surface area contributed by atoms with Crippen molar-refractivity contribution in [2.75, 3.05) is 0 Å². The van der Waals surface area contributed by atoms with Crippen molar-refractivity contribution in [3.8, 4) is 91.1 Å². The standard InChI is InChI=1S/2C32H18N8.Ga.H2O/c2*1-2-10-18-17(9-1)25-33-26(18)38-28-21-13-5-6-14-22(21)30(35-28)40-32-24-16-8-7-15-23(24)31(36-32)39-29-20-12-4-3-11-19(20)27(34-29)37-25;;/h2*1-16H,(H2,33,34,35,36,37,38,39,40);;1H2. The number of H-pyrrole nitrogens is 4. The molecule has 0 aliphatic carbocycles. The van der Waals surface area contributed by atoms with E-state index in [2.05, 4.69) is 19.9 Å². The van der Waals surface area contributed by atoms with Crippen LogP contribution in [0.3, 0.4) is 0 Å². The summed E-state index contributed by atoms with van der Waals surface area (Å²) in [5, 5.41) is 7.64. The fraction of sp³-hybridized carbons (Fsp3) is 0. The molecule has 6 N–H and O–H groups in total. The Morgan fingerprint density at radius 1 is 0.171 bits per heavy atom. The number of nitrogens with zero attached hydrogens (tertiary/aromatic N) is 12. The number of fused-ring (bicyclic) bond motifs is 40. The fourth-order valence-corrected chi connectivity index (χ4v) is 11.2. The van der Waals surface area contributed by atoms with Gasteiger partial charge in [0.1, 0.15) is 45.2 Å². The van der Waals surface area contributed by atoms with E-state index < -0.39 is 0 Å². The molecule has 6 aromatic heterocycles. The van der Waals surface area contributed by atoms with Gasteiger partial charge in [-0.05, 0) is 0 Å². The van der Waals surface area contributed by atoms with Crippen molar-refractivity contribution in [3.63, 3.8) is 0 Å². The minimum atomic E-state index is 0. The summed E-state index contributed by atoms with van der Waals surface area (Å²) in [6, 6.07) is 64.5. The summed E-state index contributed by atoms with van der Waals surface area (Å²) >= 11 is 0. The van der Waals surface area contributed by atoms with Gasteiger partial charge in [-0.25, -0.2) is 59.8 Å². The number of rotatable bonds is 0. The summed E-state index contributed by atoms with van der Waals surface area (Å²) in [6.45, 7) is 0. The summed E-state index contributed by atoms with van der Waals surface area (Å²) in [5.41, 5.74) is 12.9. The van der Waals surface area contributed by atoms with E-state index in [9.17, 15) is 0 Å². The Morgan fingerprint density at radius 2 is 0.293 bits per heavy atom. The van der Waals surface area contributed by atoms with Gasteiger partial charge in [-0.1, -0.05) is 194 Å². The van der Waals surface area contributed by atoms with E-state index in [0.29, 0.717) is 91.8 Å². The molecule has 14 aromatic rings. The van der Waals surface area contributed by atoms with Gasteiger partial charge in [0.2, 0.25) is 0 Å². The quantitative estimate of drug-likeness (QED) is 0.104. The zero-order valence-corrected chi connectivity index (χ0v) is 45.3. The fourth-order valence-electron chi connectivity index (χ4n) is 11.2. The van der Waals surface area contributed by atoms with Crippen LogP contribution >= 0.6 is 0 Å². The molecule has 0 fully saturated rings. The molecule has 10 heterocycles. The van der Waals surface area contributed by atoms with Crippen LogP contribution < -0.4 is 0 Å². The van der Waals surface area contributed by atoms with Gasteiger partial charge in [0, 0.05) is 107 Å². The number of nitrogens with one attached hydrogen (secondary N) is 4. The summed E-state index contributed by atoms with van der Waals surface area (Å²) in [6.07, 6.45) is 0. The summed E-state index contributed by atoms with van der Waals surface area (Å²) < 4.78 is 0. The van der Waals surface area contributed by atoms with Gasteiger partial charge >= 0.3 is 0 Å². The van der Waals surface area contributed by atoms with Crippen LogP contribution in [0.4, 0.5) is 0 Å². The molecule has 82 heavy (non-hydrogen) atoms. The van der Waals surface area contributed by atoms with E-state index >= 15 is 0 Å². The Labute approximate surface area is 475 Å². The van der Waals surface area contributed by atoms with Gasteiger partial charge in [0.05, 0.1) is 0 Å². The Balaban J connectivity index is 0.000000137. The molecule has 16 bridgehead atoms. The number of benzene rings is 8. The second-order valence-corrected chi connectivity index (χ2v) is 19.6. The zero-order chi connectivity index (χ0) is 52.4. The molecular formula is C64H38GaN16O. The van der Waals surface area contributed by atoms with Crippen LogP contribution in [-0.4, -0.2) is 105 Å². The minimum absolute atomic E-state index is 0. The topological polar surface area (TPSA) is 249 Å². The second kappa shape index (κ2) is 18.9. The molecule has 4 aliphatic heterocycles. The average Bonchev–Trinajstić information content (AvgIpc) is 4.59. The summed E-state index contributed by atoms with van der Waals surface area (Å²) in [7, 11) is 0. The Morgan fingerprint density at radius 3 is 0.427 bits per heavy atom. The van der Waals surface area contributed by atoms with Gasteiger partial charge < -0.3 is 25.4 Å². The molecule has 3 radical (unpaired) electrons. The van der Waals surface area contributed by atoms with Crippen LogP contribution in [0, 0.1) is 0 Å². The van der Waals surface area contributed by atoms with Crippen molar-refractivity contribution in [1.29, 1.82) is 0 Å². The molecular weight excluding hydrogens is 1080 g/mol. The molecule has 0 saturated carbocycles. The molecule has 17 nitrogen and oxygen atoms in total. The number of aromatic nitrogens is 16. The second-order valence-electron chi connectivity index (χ2n) is 19.6. The molecule has 0 saturated heterocycles. The van der Waals surface area contributed by atoms with Crippen molar-refractivity contribution in [1.82, 2.24) is 79.7 Å². The predicted molar refractivity (Wildman–Crippen MR) is 321 cm³/mol. The van der Waals surface area contributed by atoms with Gasteiger partial charge in [-0.15, -0.1) is 0 Å². The molecule has 0 amide bonds.